The number of phenols is 1. The molecule has 2 aromatic rings. The van der Waals surface area contributed by atoms with Crippen LogP contribution in [-0.4, -0.2) is 5.11 Å². The van der Waals surface area contributed by atoms with Gasteiger partial charge in [-0.1, -0.05) is 12.1 Å². The summed E-state index contributed by atoms with van der Waals surface area (Å²) in [7, 11) is 0. The summed E-state index contributed by atoms with van der Waals surface area (Å²) in [6.07, 6.45) is 0. The van der Waals surface area contributed by atoms with E-state index >= 15 is 0 Å². The Kier molecular flexibility index (Phi) is 3.44. The van der Waals surface area contributed by atoms with Gasteiger partial charge in [-0.2, -0.15) is 5.26 Å². The van der Waals surface area contributed by atoms with Crippen LogP contribution in [0.4, 0.5) is 10.1 Å². The SMILES string of the molecule is N#Cc1cc(F)ccc1NCc1cccc(O)c1. The first-order valence-corrected chi connectivity index (χ1v) is 5.40. The number of halogens is 1. The molecule has 90 valence electrons. The minimum absolute atomic E-state index is 0.189. The van der Waals surface area contributed by atoms with E-state index in [9.17, 15) is 9.50 Å². The summed E-state index contributed by atoms with van der Waals surface area (Å²) in [5, 5.41) is 21.2. The summed E-state index contributed by atoms with van der Waals surface area (Å²) in [4.78, 5) is 0. The van der Waals surface area contributed by atoms with Crippen molar-refractivity contribution >= 4 is 5.69 Å². The van der Waals surface area contributed by atoms with Gasteiger partial charge in [0.1, 0.15) is 17.6 Å². The Morgan fingerprint density at radius 3 is 2.78 bits per heavy atom. The van der Waals surface area contributed by atoms with Crippen molar-refractivity contribution in [2.75, 3.05) is 5.32 Å². The topological polar surface area (TPSA) is 56.0 Å². The fourth-order valence-electron chi connectivity index (χ4n) is 1.63. The summed E-state index contributed by atoms with van der Waals surface area (Å²) in [5.41, 5.74) is 1.71. The van der Waals surface area contributed by atoms with Crippen molar-refractivity contribution in [3.8, 4) is 11.8 Å². The van der Waals surface area contributed by atoms with Crippen LogP contribution in [0.15, 0.2) is 42.5 Å². The molecule has 0 aliphatic rings. The van der Waals surface area contributed by atoms with E-state index in [0.29, 0.717) is 12.2 Å². The van der Waals surface area contributed by atoms with E-state index in [1.165, 1.54) is 18.2 Å². The fraction of sp³-hybridized carbons (Fsp3) is 0.0714. The highest BCUT2D eigenvalue weighted by atomic mass is 19.1. The van der Waals surface area contributed by atoms with Crippen molar-refractivity contribution in [1.82, 2.24) is 0 Å². The lowest BCUT2D eigenvalue weighted by Crippen LogP contribution is -2.01. The summed E-state index contributed by atoms with van der Waals surface area (Å²) in [6.45, 7) is 0.453. The van der Waals surface area contributed by atoms with Gasteiger partial charge < -0.3 is 10.4 Å². The van der Waals surface area contributed by atoms with Gasteiger partial charge in [0, 0.05) is 6.54 Å². The molecule has 0 unspecified atom stereocenters. The number of hydrogen-bond donors (Lipinski definition) is 2. The normalized spacial score (nSPS) is 9.78. The number of phenolic OH excluding ortho intramolecular Hbond substituents is 1. The highest BCUT2D eigenvalue weighted by Gasteiger charge is 2.03. The predicted octanol–water partition coefficient (Wildman–Crippen LogP) is 3.02. The third-order valence-electron chi connectivity index (χ3n) is 2.50. The van der Waals surface area contributed by atoms with Crippen molar-refractivity contribution in [2.45, 2.75) is 6.54 Å². The Bertz CT molecular complexity index is 605. The lowest BCUT2D eigenvalue weighted by Gasteiger charge is -2.08. The van der Waals surface area contributed by atoms with Gasteiger partial charge in [-0.25, -0.2) is 4.39 Å². The van der Waals surface area contributed by atoms with E-state index in [0.717, 1.165) is 5.56 Å². The van der Waals surface area contributed by atoms with Crippen LogP contribution in [0.25, 0.3) is 0 Å². The highest BCUT2D eigenvalue weighted by molar-refractivity contribution is 5.57. The van der Waals surface area contributed by atoms with E-state index in [1.807, 2.05) is 12.1 Å². The first kappa shape index (κ1) is 11.9. The Balaban J connectivity index is 2.14. The molecule has 0 radical (unpaired) electrons. The minimum atomic E-state index is -0.436. The molecular weight excluding hydrogens is 231 g/mol. The van der Waals surface area contributed by atoms with Gasteiger partial charge in [-0.3, -0.25) is 0 Å². The molecule has 2 N–H and O–H groups in total. The van der Waals surface area contributed by atoms with E-state index in [-0.39, 0.29) is 11.3 Å². The zero-order chi connectivity index (χ0) is 13.0. The summed E-state index contributed by atoms with van der Waals surface area (Å²) in [5.74, 6) is -0.247. The maximum absolute atomic E-state index is 12.9. The Morgan fingerprint density at radius 2 is 2.06 bits per heavy atom. The molecule has 0 spiro atoms. The van der Waals surface area contributed by atoms with Crippen molar-refractivity contribution < 1.29 is 9.50 Å². The van der Waals surface area contributed by atoms with Crippen LogP contribution in [0.3, 0.4) is 0 Å². The minimum Gasteiger partial charge on any atom is -0.508 e. The van der Waals surface area contributed by atoms with Crippen molar-refractivity contribution in [3.63, 3.8) is 0 Å². The second kappa shape index (κ2) is 5.19. The maximum Gasteiger partial charge on any atom is 0.124 e. The number of hydrogen-bond acceptors (Lipinski definition) is 3. The molecule has 4 heteroatoms. The Morgan fingerprint density at radius 1 is 1.22 bits per heavy atom. The molecule has 0 saturated carbocycles. The molecule has 0 bridgehead atoms. The largest absolute Gasteiger partial charge is 0.508 e. The zero-order valence-electron chi connectivity index (χ0n) is 9.52. The number of nitriles is 1. The number of aromatic hydroxyl groups is 1. The van der Waals surface area contributed by atoms with Crippen LogP contribution in [0.2, 0.25) is 0 Å². The van der Waals surface area contributed by atoms with Gasteiger partial charge in [0.25, 0.3) is 0 Å². The van der Waals surface area contributed by atoms with E-state index in [1.54, 1.807) is 18.2 Å². The van der Waals surface area contributed by atoms with Crippen LogP contribution in [0.5, 0.6) is 5.75 Å². The highest BCUT2D eigenvalue weighted by Crippen LogP contribution is 2.18. The maximum atomic E-state index is 12.9. The number of benzene rings is 2. The lowest BCUT2D eigenvalue weighted by molar-refractivity contribution is 0.474. The average Bonchev–Trinajstić information content (AvgIpc) is 2.37. The molecule has 18 heavy (non-hydrogen) atoms. The molecule has 2 rings (SSSR count). The second-order valence-electron chi connectivity index (χ2n) is 3.83. The Hall–Kier alpha value is -2.54. The van der Waals surface area contributed by atoms with Crippen LogP contribution in [0.1, 0.15) is 11.1 Å². The third-order valence-corrected chi connectivity index (χ3v) is 2.50. The van der Waals surface area contributed by atoms with E-state index < -0.39 is 5.82 Å². The monoisotopic (exact) mass is 242 g/mol. The van der Waals surface area contributed by atoms with Crippen molar-refractivity contribution in [1.29, 1.82) is 5.26 Å². The smallest absolute Gasteiger partial charge is 0.124 e. The molecule has 0 saturated heterocycles. The molecule has 0 aliphatic carbocycles. The van der Waals surface area contributed by atoms with E-state index in [2.05, 4.69) is 5.32 Å². The molecule has 0 aliphatic heterocycles. The standard InChI is InChI=1S/C14H11FN2O/c15-12-4-5-14(11(7-12)8-16)17-9-10-2-1-3-13(18)6-10/h1-7,17-18H,9H2. The van der Waals surface area contributed by atoms with Gasteiger partial charge in [0.05, 0.1) is 11.3 Å². The molecule has 2 aromatic carbocycles. The molecule has 3 nitrogen and oxygen atoms in total. The zero-order valence-corrected chi connectivity index (χ0v) is 9.52. The second-order valence-corrected chi connectivity index (χ2v) is 3.83. The van der Waals surface area contributed by atoms with Crippen LogP contribution in [0, 0.1) is 17.1 Å². The number of nitrogens with zero attached hydrogens (tertiary/aromatic N) is 1. The number of nitrogens with one attached hydrogen (secondary N) is 1. The van der Waals surface area contributed by atoms with Gasteiger partial charge in [-0.15, -0.1) is 0 Å². The van der Waals surface area contributed by atoms with Crippen LogP contribution >= 0.6 is 0 Å². The summed E-state index contributed by atoms with van der Waals surface area (Å²) < 4.78 is 12.9. The van der Waals surface area contributed by atoms with Gasteiger partial charge in [0.15, 0.2) is 0 Å². The lowest BCUT2D eigenvalue weighted by atomic mass is 10.1. The molecule has 0 atom stereocenters. The van der Waals surface area contributed by atoms with Crippen molar-refractivity contribution in [2.24, 2.45) is 0 Å². The average molecular weight is 242 g/mol. The van der Waals surface area contributed by atoms with Gasteiger partial charge in [0.2, 0.25) is 0 Å². The third kappa shape index (κ3) is 2.77. The van der Waals surface area contributed by atoms with Crippen LogP contribution in [-0.2, 0) is 6.54 Å². The van der Waals surface area contributed by atoms with Crippen LogP contribution < -0.4 is 5.32 Å². The molecule has 0 heterocycles. The van der Waals surface area contributed by atoms with Crippen molar-refractivity contribution in [3.05, 3.63) is 59.4 Å². The Labute approximate surface area is 104 Å². The van der Waals surface area contributed by atoms with Gasteiger partial charge in [-0.05, 0) is 35.9 Å². The first-order chi connectivity index (χ1) is 8.69. The predicted molar refractivity (Wildman–Crippen MR) is 66.5 cm³/mol. The quantitative estimate of drug-likeness (QED) is 0.869. The molecular formula is C14H11FN2O. The first-order valence-electron chi connectivity index (χ1n) is 5.40. The molecule has 0 amide bonds. The molecule has 0 fully saturated rings. The van der Waals surface area contributed by atoms with E-state index in [4.69, 9.17) is 5.26 Å². The van der Waals surface area contributed by atoms with Gasteiger partial charge >= 0.3 is 0 Å². The summed E-state index contributed by atoms with van der Waals surface area (Å²) in [6, 6.07) is 12.7. The summed E-state index contributed by atoms with van der Waals surface area (Å²) >= 11 is 0. The molecule has 0 aromatic heterocycles. The fourth-order valence-corrected chi connectivity index (χ4v) is 1.63. The number of rotatable bonds is 3. The number of anilines is 1.